The summed E-state index contributed by atoms with van der Waals surface area (Å²) >= 11 is 0. The van der Waals surface area contributed by atoms with Gasteiger partial charge in [-0.2, -0.15) is 9.65 Å². The van der Waals surface area contributed by atoms with E-state index in [1.165, 1.54) is 23.2 Å². The molecule has 1 amide bonds. The zero-order valence-corrected chi connectivity index (χ0v) is 9.14. The van der Waals surface area contributed by atoms with Crippen LogP contribution in [0.4, 0.5) is 4.39 Å². The molecule has 16 heavy (non-hydrogen) atoms. The molecule has 0 aliphatic rings. The first-order valence-corrected chi connectivity index (χ1v) is 4.86. The van der Waals surface area contributed by atoms with E-state index in [2.05, 4.69) is 4.98 Å². The highest BCUT2D eigenvalue weighted by Crippen LogP contribution is 2.10. The molecule has 0 fully saturated rings. The van der Waals surface area contributed by atoms with Crippen LogP contribution in [0, 0.1) is 17.3 Å². The van der Waals surface area contributed by atoms with Crippen LogP contribution in [0.2, 0.25) is 0 Å². The lowest BCUT2D eigenvalue weighted by Gasteiger charge is -2.23. The van der Waals surface area contributed by atoms with Crippen molar-refractivity contribution in [3.63, 3.8) is 0 Å². The molecule has 1 heterocycles. The Labute approximate surface area is 93.3 Å². The first-order valence-electron chi connectivity index (χ1n) is 4.86. The van der Waals surface area contributed by atoms with Gasteiger partial charge in [-0.1, -0.05) is 0 Å². The van der Waals surface area contributed by atoms with Crippen LogP contribution in [0.15, 0.2) is 18.3 Å². The van der Waals surface area contributed by atoms with Crippen LogP contribution in [0.3, 0.4) is 0 Å². The van der Waals surface area contributed by atoms with Crippen molar-refractivity contribution in [3.8, 4) is 6.07 Å². The Hall–Kier alpha value is -1.96. The zero-order chi connectivity index (χ0) is 12.1. The van der Waals surface area contributed by atoms with E-state index in [0.717, 1.165) is 0 Å². The molecule has 1 aromatic rings. The highest BCUT2D eigenvalue weighted by atomic mass is 19.1. The molecule has 4 nitrogen and oxygen atoms in total. The summed E-state index contributed by atoms with van der Waals surface area (Å²) in [6.07, 6.45) is 1.27. The van der Waals surface area contributed by atoms with Crippen LogP contribution in [-0.2, 0) is 0 Å². The number of aromatic nitrogens is 1. The Kier molecular flexibility index (Phi) is 3.95. The Bertz CT molecular complexity index is 425. The molecule has 5 heteroatoms. The minimum atomic E-state index is -0.809. The first kappa shape index (κ1) is 12.1. The van der Waals surface area contributed by atoms with Gasteiger partial charge in [0.15, 0.2) is 0 Å². The third-order valence-corrected chi connectivity index (χ3v) is 2.11. The second-order valence-corrected chi connectivity index (χ2v) is 3.53. The Morgan fingerprint density at radius 3 is 2.88 bits per heavy atom. The van der Waals surface area contributed by atoms with E-state index < -0.39 is 11.9 Å². The monoisotopic (exact) mass is 221 g/mol. The van der Waals surface area contributed by atoms with Gasteiger partial charge in [-0.25, -0.2) is 4.98 Å². The summed E-state index contributed by atoms with van der Waals surface area (Å²) in [7, 11) is 0. The fourth-order valence-electron chi connectivity index (χ4n) is 1.27. The molecule has 0 atom stereocenters. The third kappa shape index (κ3) is 2.54. The molecule has 0 aromatic carbocycles. The number of nitriles is 1. The molecule has 84 valence electrons. The third-order valence-electron chi connectivity index (χ3n) is 2.11. The Morgan fingerprint density at radius 1 is 1.69 bits per heavy atom. The van der Waals surface area contributed by atoms with Crippen molar-refractivity contribution in [2.45, 2.75) is 19.9 Å². The van der Waals surface area contributed by atoms with Crippen molar-refractivity contribution in [2.75, 3.05) is 6.54 Å². The lowest BCUT2D eigenvalue weighted by atomic mass is 10.2. The van der Waals surface area contributed by atoms with Gasteiger partial charge in [-0.15, -0.1) is 0 Å². The number of halogens is 1. The fraction of sp³-hybridized carbons (Fsp3) is 0.364. The lowest BCUT2D eigenvalue weighted by molar-refractivity contribution is 0.0725. The van der Waals surface area contributed by atoms with Gasteiger partial charge in [0.1, 0.15) is 6.54 Å². The molecular weight excluding hydrogens is 209 g/mol. The quantitative estimate of drug-likeness (QED) is 0.575. The van der Waals surface area contributed by atoms with Gasteiger partial charge in [0.05, 0.1) is 11.6 Å². The number of carbonyl (C=O) groups is 1. The molecule has 0 unspecified atom stereocenters. The predicted molar refractivity (Wildman–Crippen MR) is 56.0 cm³/mol. The highest BCUT2D eigenvalue weighted by molar-refractivity contribution is 5.94. The average Bonchev–Trinajstić information content (AvgIpc) is 2.25. The summed E-state index contributed by atoms with van der Waals surface area (Å²) in [4.78, 5) is 16.6. The van der Waals surface area contributed by atoms with E-state index >= 15 is 0 Å². The van der Waals surface area contributed by atoms with E-state index in [9.17, 15) is 9.18 Å². The number of amides is 1. The molecule has 0 spiro atoms. The van der Waals surface area contributed by atoms with Crippen LogP contribution in [-0.4, -0.2) is 28.4 Å². The van der Waals surface area contributed by atoms with Gasteiger partial charge in [0.2, 0.25) is 5.95 Å². The first-order chi connectivity index (χ1) is 7.57. The van der Waals surface area contributed by atoms with E-state index in [0.29, 0.717) is 0 Å². The van der Waals surface area contributed by atoms with Crippen molar-refractivity contribution in [2.24, 2.45) is 0 Å². The number of pyridine rings is 1. The average molecular weight is 221 g/mol. The summed E-state index contributed by atoms with van der Waals surface area (Å²) < 4.78 is 13.3. The van der Waals surface area contributed by atoms with E-state index in [1.807, 2.05) is 6.07 Å². The number of hydrogen-bond acceptors (Lipinski definition) is 3. The molecule has 0 saturated heterocycles. The second kappa shape index (κ2) is 5.21. The Balaban J connectivity index is 3.01. The van der Waals surface area contributed by atoms with Crippen LogP contribution in [0.1, 0.15) is 24.2 Å². The molecule has 0 saturated carbocycles. The number of carbonyl (C=O) groups excluding carboxylic acids is 1. The van der Waals surface area contributed by atoms with Crippen molar-refractivity contribution in [3.05, 3.63) is 29.8 Å². The number of hydrogen-bond donors (Lipinski definition) is 0. The van der Waals surface area contributed by atoms with Gasteiger partial charge in [-0.05, 0) is 26.0 Å². The molecule has 1 rings (SSSR count). The molecule has 0 radical (unpaired) electrons. The fourth-order valence-corrected chi connectivity index (χ4v) is 1.27. The molecule has 0 N–H and O–H groups in total. The van der Waals surface area contributed by atoms with Crippen molar-refractivity contribution in [1.82, 2.24) is 9.88 Å². The number of nitrogens with zero attached hydrogens (tertiary/aromatic N) is 3. The highest BCUT2D eigenvalue weighted by Gasteiger charge is 2.21. The molecule has 0 aliphatic carbocycles. The normalized spacial score (nSPS) is 9.94. The van der Waals surface area contributed by atoms with Gasteiger partial charge in [0.25, 0.3) is 5.91 Å². The van der Waals surface area contributed by atoms with E-state index in [-0.39, 0.29) is 18.2 Å². The van der Waals surface area contributed by atoms with E-state index in [4.69, 9.17) is 5.26 Å². The summed E-state index contributed by atoms with van der Waals surface area (Å²) in [6, 6.07) is 4.57. The van der Waals surface area contributed by atoms with Crippen LogP contribution in [0.25, 0.3) is 0 Å². The van der Waals surface area contributed by atoms with Gasteiger partial charge in [-0.3, -0.25) is 4.79 Å². The molecule has 0 aliphatic heterocycles. The SMILES string of the molecule is CC(C)N(CC#N)C(=O)c1cccnc1F. The summed E-state index contributed by atoms with van der Waals surface area (Å²) in [5.74, 6) is -1.32. The van der Waals surface area contributed by atoms with Gasteiger partial charge >= 0.3 is 0 Å². The van der Waals surface area contributed by atoms with Crippen LogP contribution < -0.4 is 0 Å². The van der Waals surface area contributed by atoms with E-state index in [1.54, 1.807) is 13.8 Å². The minimum Gasteiger partial charge on any atom is -0.323 e. The zero-order valence-electron chi connectivity index (χ0n) is 9.14. The topological polar surface area (TPSA) is 57.0 Å². The summed E-state index contributed by atoms with van der Waals surface area (Å²) in [6.45, 7) is 3.47. The molecule has 0 bridgehead atoms. The molecule has 1 aromatic heterocycles. The summed E-state index contributed by atoms with van der Waals surface area (Å²) in [5, 5.41) is 8.60. The standard InChI is InChI=1S/C11H12FN3O/c1-8(2)15(7-5-13)11(16)9-4-3-6-14-10(9)12/h3-4,6,8H,7H2,1-2H3. The summed E-state index contributed by atoms with van der Waals surface area (Å²) in [5.41, 5.74) is -0.105. The van der Waals surface area contributed by atoms with Crippen molar-refractivity contribution >= 4 is 5.91 Å². The maximum absolute atomic E-state index is 13.3. The Morgan fingerprint density at radius 2 is 2.38 bits per heavy atom. The van der Waals surface area contributed by atoms with Crippen LogP contribution >= 0.6 is 0 Å². The second-order valence-electron chi connectivity index (χ2n) is 3.53. The molecular formula is C11H12FN3O. The van der Waals surface area contributed by atoms with Gasteiger partial charge < -0.3 is 4.90 Å². The van der Waals surface area contributed by atoms with Crippen molar-refractivity contribution in [1.29, 1.82) is 5.26 Å². The van der Waals surface area contributed by atoms with Crippen molar-refractivity contribution < 1.29 is 9.18 Å². The lowest BCUT2D eigenvalue weighted by Crippen LogP contribution is -2.37. The minimum absolute atomic E-state index is 0.0646. The largest absolute Gasteiger partial charge is 0.323 e. The van der Waals surface area contributed by atoms with Gasteiger partial charge in [0, 0.05) is 12.2 Å². The smallest absolute Gasteiger partial charge is 0.259 e. The maximum atomic E-state index is 13.3. The maximum Gasteiger partial charge on any atom is 0.259 e. The van der Waals surface area contributed by atoms with Crippen LogP contribution in [0.5, 0.6) is 0 Å². The number of rotatable bonds is 3. The predicted octanol–water partition coefficient (Wildman–Crippen LogP) is 1.59.